The lowest BCUT2D eigenvalue weighted by Crippen LogP contribution is -2.31. The first-order chi connectivity index (χ1) is 14.6. The number of fused-ring (bicyclic) bond motifs is 1. The third-order valence-corrected chi connectivity index (χ3v) is 5.55. The standard InChI is InChI=1S/C22H19N3O4S/c1-29-18-10-5-4-9-16(18)17-13-30-22(23-17)24-19(26)11-6-12-25-20(27)14-7-2-3-8-15(14)21(25)28/h2-5,7-10,13H,6,11-12H2,1H3,(H,23,24,26). The Kier molecular flexibility index (Phi) is 5.58. The van der Waals surface area contributed by atoms with E-state index in [4.69, 9.17) is 4.74 Å². The van der Waals surface area contributed by atoms with Crippen molar-refractivity contribution in [1.29, 1.82) is 0 Å². The lowest BCUT2D eigenvalue weighted by atomic mass is 10.1. The SMILES string of the molecule is COc1ccccc1-c1csc(NC(=O)CCCN2C(=O)c3ccccc3C2=O)n1. The normalized spacial score (nSPS) is 12.8. The van der Waals surface area contributed by atoms with Crippen molar-refractivity contribution < 1.29 is 19.1 Å². The van der Waals surface area contributed by atoms with E-state index in [9.17, 15) is 14.4 Å². The van der Waals surface area contributed by atoms with Gasteiger partial charge in [0.2, 0.25) is 5.91 Å². The van der Waals surface area contributed by atoms with Crippen LogP contribution in [0.25, 0.3) is 11.3 Å². The maximum atomic E-state index is 12.3. The Labute approximate surface area is 177 Å². The Morgan fingerprint density at radius 1 is 1.03 bits per heavy atom. The molecule has 0 saturated carbocycles. The fourth-order valence-electron chi connectivity index (χ4n) is 3.33. The number of aromatic nitrogens is 1. The molecule has 7 nitrogen and oxygen atoms in total. The lowest BCUT2D eigenvalue weighted by molar-refractivity contribution is -0.116. The molecule has 0 spiro atoms. The average Bonchev–Trinajstić information content (AvgIpc) is 3.32. The van der Waals surface area contributed by atoms with Crippen LogP contribution >= 0.6 is 11.3 Å². The minimum Gasteiger partial charge on any atom is -0.496 e. The Hall–Kier alpha value is -3.52. The van der Waals surface area contributed by atoms with Crippen LogP contribution in [0.4, 0.5) is 5.13 Å². The summed E-state index contributed by atoms with van der Waals surface area (Å²) in [4.78, 5) is 42.6. The zero-order chi connectivity index (χ0) is 21.1. The van der Waals surface area contributed by atoms with Crippen LogP contribution in [0.2, 0.25) is 0 Å². The van der Waals surface area contributed by atoms with Gasteiger partial charge in [-0.1, -0.05) is 24.3 Å². The van der Waals surface area contributed by atoms with Gasteiger partial charge in [0.05, 0.1) is 23.9 Å². The molecule has 2 aromatic carbocycles. The van der Waals surface area contributed by atoms with Gasteiger partial charge in [0.25, 0.3) is 11.8 Å². The minimum absolute atomic E-state index is 0.178. The Morgan fingerprint density at radius 2 is 1.67 bits per heavy atom. The van der Waals surface area contributed by atoms with E-state index >= 15 is 0 Å². The highest BCUT2D eigenvalue weighted by Gasteiger charge is 2.34. The van der Waals surface area contributed by atoms with E-state index in [0.29, 0.717) is 28.4 Å². The molecule has 1 aromatic heterocycles. The van der Waals surface area contributed by atoms with Crippen molar-refractivity contribution in [3.8, 4) is 17.0 Å². The number of nitrogens with one attached hydrogen (secondary N) is 1. The van der Waals surface area contributed by atoms with Crippen LogP contribution in [0.5, 0.6) is 5.75 Å². The lowest BCUT2D eigenvalue weighted by Gasteiger charge is -2.13. The number of hydrogen-bond donors (Lipinski definition) is 1. The number of hydrogen-bond acceptors (Lipinski definition) is 6. The predicted octanol–water partition coefficient (Wildman–Crippen LogP) is 3.83. The second kappa shape index (κ2) is 8.46. The maximum absolute atomic E-state index is 12.3. The van der Waals surface area contributed by atoms with Crippen molar-refractivity contribution in [2.75, 3.05) is 19.0 Å². The van der Waals surface area contributed by atoms with Crippen LogP contribution in [0.1, 0.15) is 33.6 Å². The smallest absolute Gasteiger partial charge is 0.261 e. The van der Waals surface area contributed by atoms with E-state index in [0.717, 1.165) is 11.3 Å². The number of imide groups is 1. The second-order valence-corrected chi connectivity index (χ2v) is 7.56. The summed E-state index contributed by atoms with van der Waals surface area (Å²) < 4.78 is 5.35. The highest BCUT2D eigenvalue weighted by atomic mass is 32.1. The molecule has 1 N–H and O–H groups in total. The van der Waals surface area contributed by atoms with Crippen molar-refractivity contribution in [2.24, 2.45) is 0 Å². The molecule has 3 aromatic rings. The summed E-state index contributed by atoms with van der Waals surface area (Å²) in [5.41, 5.74) is 2.40. The molecule has 0 aliphatic carbocycles. The van der Waals surface area contributed by atoms with E-state index in [1.165, 1.54) is 16.2 Å². The van der Waals surface area contributed by atoms with Crippen molar-refractivity contribution in [1.82, 2.24) is 9.88 Å². The number of carbonyl (C=O) groups excluding carboxylic acids is 3. The molecular formula is C22H19N3O4S. The summed E-state index contributed by atoms with van der Waals surface area (Å²) in [5.74, 6) is -0.121. The Morgan fingerprint density at radius 3 is 2.33 bits per heavy atom. The molecule has 152 valence electrons. The van der Waals surface area contributed by atoms with Gasteiger partial charge < -0.3 is 10.1 Å². The average molecular weight is 421 g/mol. The van der Waals surface area contributed by atoms with Gasteiger partial charge in [-0.05, 0) is 30.7 Å². The molecule has 4 rings (SSSR count). The van der Waals surface area contributed by atoms with Gasteiger partial charge in [0.1, 0.15) is 5.75 Å². The minimum atomic E-state index is -0.308. The summed E-state index contributed by atoms with van der Waals surface area (Å²) in [6, 6.07) is 14.3. The van der Waals surface area contributed by atoms with Gasteiger partial charge in [0.15, 0.2) is 5.13 Å². The highest BCUT2D eigenvalue weighted by molar-refractivity contribution is 7.14. The number of carbonyl (C=O) groups is 3. The highest BCUT2D eigenvalue weighted by Crippen LogP contribution is 2.32. The Balaban J connectivity index is 1.32. The molecular weight excluding hydrogens is 402 g/mol. The van der Waals surface area contributed by atoms with Crippen LogP contribution < -0.4 is 10.1 Å². The quantitative estimate of drug-likeness (QED) is 0.586. The van der Waals surface area contributed by atoms with Gasteiger partial charge in [-0.3, -0.25) is 19.3 Å². The predicted molar refractivity (Wildman–Crippen MR) is 114 cm³/mol. The fourth-order valence-corrected chi connectivity index (χ4v) is 4.06. The third kappa shape index (κ3) is 3.81. The summed E-state index contributed by atoms with van der Waals surface area (Å²) in [7, 11) is 1.60. The number of methoxy groups -OCH3 is 1. The van der Waals surface area contributed by atoms with E-state index in [1.807, 2.05) is 29.6 Å². The van der Waals surface area contributed by atoms with Gasteiger partial charge in [-0.2, -0.15) is 0 Å². The molecule has 1 aliphatic rings. The molecule has 3 amide bonds. The molecule has 0 radical (unpaired) electrons. The van der Waals surface area contributed by atoms with E-state index in [2.05, 4.69) is 10.3 Å². The van der Waals surface area contributed by atoms with E-state index in [1.54, 1.807) is 31.4 Å². The summed E-state index contributed by atoms with van der Waals surface area (Å²) in [5, 5.41) is 5.11. The molecule has 0 unspecified atom stereocenters. The monoisotopic (exact) mass is 421 g/mol. The molecule has 0 atom stereocenters. The van der Waals surface area contributed by atoms with Gasteiger partial charge in [-0.15, -0.1) is 11.3 Å². The zero-order valence-corrected chi connectivity index (χ0v) is 17.1. The topological polar surface area (TPSA) is 88.6 Å². The summed E-state index contributed by atoms with van der Waals surface area (Å²) >= 11 is 1.33. The second-order valence-electron chi connectivity index (χ2n) is 6.70. The molecule has 2 heterocycles. The molecule has 1 aliphatic heterocycles. The first kappa shape index (κ1) is 19.8. The van der Waals surface area contributed by atoms with Gasteiger partial charge in [-0.25, -0.2) is 4.98 Å². The number of ether oxygens (including phenoxy) is 1. The molecule has 8 heteroatoms. The molecule has 30 heavy (non-hydrogen) atoms. The van der Waals surface area contributed by atoms with Crippen molar-refractivity contribution >= 4 is 34.2 Å². The zero-order valence-electron chi connectivity index (χ0n) is 16.3. The van der Waals surface area contributed by atoms with Crippen LogP contribution in [-0.2, 0) is 4.79 Å². The van der Waals surface area contributed by atoms with Crippen molar-refractivity contribution in [2.45, 2.75) is 12.8 Å². The third-order valence-electron chi connectivity index (χ3n) is 4.80. The van der Waals surface area contributed by atoms with Gasteiger partial charge in [0, 0.05) is 23.9 Å². The number of benzene rings is 2. The first-order valence-electron chi connectivity index (χ1n) is 9.42. The van der Waals surface area contributed by atoms with Crippen molar-refractivity contribution in [3.63, 3.8) is 0 Å². The number of rotatable bonds is 7. The summed E-state index contributed by atoms with van der Waals surface area (Å²) in [6.45, 7) is 0.199. The van der Waals surface area contributed by atoms with E-state index < -0.39 is 0 Å². The molecule has 0 fully saturated rings. The van der Waals surface area contributed by atoms with Crippen LogP contribution in [-0.4, -0.2) is 41.3 Å². The molecule has 0 bridgehead atoms. The van der Waals surface area contributed by atoms with Crippen LogP contribution in [0, 0.1) is 0 Å². The number of amides is 3. The number of anilines is 1. The first-order valence-corrected chi connectivity index (χ1v) is 10.3. The van der Waals surface area contributed by atoms with Crippen molar-refractivity contribution in [3.05, 3.63) is 65.0 Å². The van der Waals surface area contributed by atoms with Crippen LogP contribution in [0.15, 0.2) is 53.9 Å². The summed E-state index contributed by atoms with van der Waals surface area (Å²) in [6.07, 6.45) is 0.555. The van der Waals surface area contributed by atoms with Gasteiger partial charge >= 0.3 is 0 Å². The fraction of sp³-hybridized carbons (Fsp3) is 0.182. The largest absolute Gasteiger partial charge is 0.496 e. The number of nitrogens with zero attached hydrogens (tertiary/aromatic N) is 2. The number of thiazole rings is 1. The molecule has 0 saturated heterocycles. The van der Waals surface area contributed by atoms with Crippen LogP contribution in [0.3, 0.4) is 0 Å². The van der Waals surface area contributed by atoms with E-state index in [-0.39, 0.29) is 30.7 Å². The Bertz CT molecular complexity index is 1090. The number of para-hydroxylation sites is 1. The maximum Gasteiger partial charge on any atom is 0.261 e.